The minimum Gasteiger partial charge on any atom is -0.301 e. The zero-order valence-corrected chi connectivity index (χ0v) is 20.1. The highest BCUT2D eigenvalue weighted by molar-refractivity contribution is 9.10. The lowest BCUT2D eigenvalue weighted by Crippen LogP contribution is -2.51. The maximum atomic E-state index is 14.0. The summed E-state index contributed by atoms with van der Waals surface area (Å²) >= 11 is 10.1. The van der Waals surface area contributed by atoms with Crippen LogP contribution in [-0.4, -0.2) is 29.7 Å². The Morgan fingerprint density at radius 1 is 1.13 bits per heavy atom. The second-order valence-corrected chi connectivity index (χ2v) is 9.43. The number of carbonyl (C=O) groups excluding carboxylic acids is 1. The number of nitrogens with one attached hydrogen (secondary N) is 1. The Morgan fingerprint density at radius 2 is 1.81 bits per heavy atom. The van der Waals surface area contributed by atoms with Gasteiger partial charge in [-0.05, 0) is 49.1 Å². The summed E-state index contributed by atoms with van der Waals surface area (Å²) in [4.78, 5) is 14.0. The van der Waals surface area contributed by atoms with E-state index in [1.165, 1.54) is 12.8 Å². The van der Waals surface area contributed by atoms with E-state index in [1.54, 1.807) is 5.01 Å². The van der Waals surface area contributed by atoms with Crippen LogP contribution in [0.3, 0.4) is 0 Å². The van der Waals surface area contributed by atoms with Crippen LogP contribution in [0, 0.1) is 5.92 Å². The number of nitrogens with zero attached hydrogens (tertiary/aromatic N) is 3. The second-order valence-electron chi connectivity index (χ2n) is 8.11. The molecule has 31 heavy (non-hydrogen) atoms. The monoisotopic (exact) mass is 502 g/mol. The van der Waals surface area contributed by atoms with Crippen molar-refractivity contribution in [3.63, 3.8) is 0 Å². The summed E-state index contributed by atoms with van der Waals surface area (Å²) in [6, 6.07) is 15.8. The zero-order chi connectivity index (χ0) is 21.8. The number of hydrogen-bond donors (Lipinski definition) is 1. The number of amides is 1. The smallest absolute Gasteiger partial charge is 0.289 e. The van der Waals surface area contributed by atoms with Crippen LogP contribution in [-0.2, 0) is 4.79 Å². The van der Waals surface area contributed by atoms with Crippen LogP contribution in [0.4, 0.5) is 5.69 Å². The molecule has 2 aromatic rings. The van der Waals surface area contributed by atoms with Crippen molar-refractivity contribution in [3.05, 3.63) is 63.6 Å². The molecule has 4 rings (SSSR count). The van der Waals surface area contributed by atoms with Crippen molar-refractivity contribution in [2.75, 3.05) is 18.1 Å². The number of rotatable bonds is 5. The average molecular weight is 504 g/mol. The minimum atomic E-state index is -0.0889. The molecule has 2 aromatic carbocycles. The summed E-state index contributed by atoms with van der Waals surface area (Å²) in [7, 11) is 0. The van der Waals surface area contributed by atoms with Gasteiger partial charge in [0.1, 0.15) is 5.71 Å². The third kappa shape index (κ3) is 4.81. The highest BCUT2D eigenvalue weighted by atomic mass is 79.9. The van der Waals surface area contributed by atoms with Crippen LogP contribution in [0.25, 0.3) is 0 Å². The molecule has 0 bridgehead atoms. The molecular formula is C24H28BrClN4O. The molecule has 5 nitrogen and oxygen atoms in total. The molecule has 2 atom stereocenters. The summed E-state index contributed by atoms with van der Waals surface area (Å²) in [6.45, 7) is 3.79. The molecule has 0 saturated carbocycles. The van der Waals surface area contributed by atoms with E-state index >= 15 is 0 Å². The number of carbonyl (C=O) groups is 1. The molecular weight excluding hydrogens is 476 g/mol. The fraction of sp³-hybridized carbons (Fsp3) is 0.417. The molecule has 7 heteroatoms. The van der Waals surface area contributed by atoms with Gasteiger partial charge in [0, 0.05) is 23.5 Å². The van der Waals surface area contributed by atoms with Gasteiger partial charge in [0.25, 0.3) is 5.91 Å². The molecule has 2 heterocycles. The lowest BCUT2D eigenvalue weighted by Gasteiger charge is -2.35. The van der Waals surface area contributed by atoms with Gasteiger partial charge >= 0.3 is 0 Å². The fourth-order valence-corrected chi connectivity index (χ4v) is 4.94. The molecule has 1 N–H and O–H groups in total. The van der Waals surface area contributed by atoms with Crippen molar-refractivity contribution in [1.29, 1.82) is 0 Å². The fourth-order valence-electron chi connectivity index (χ4n) is 4.46. The van der Waals surface area contributed by atoms with Crippen molar-refractivity contribution in [3.8, 4) is 0 Å². The lowest BCUT2D eigenvalue weighted by molar-refractivity contribution is -0.115. The average Bonchev–Trinajstić information content (AvgIpc) is 3.03. The first-order chi connectivity index (χ1) is 15.1. The second kappa shape index (κ2) is 10.2. The Morgan fingerprint density at radius 3 is 2.45 bits per heavy atom. The van der Waals surface area contributed by atoms with E-state index in [1.807, 2.05) is 36.4 Å². The summed E-state index contributed by atoms with van der Waals surface area (Å²) in [6.07, 6.45) is 5.32. The Bertz CT molecular complexity index is 941. The van der Waals surface area contributed by atoms with Crippen molar-refractivity contribution in [1.82, 2.24) is 10.4 Å². The summed E-state index contributed by atoms with van der Waals surface area (Å²) in [5.74, 6) is -0.0976. The van der Waals surface area contributed by atoms with Gasteiger partial charge in [-0.3, -0.25) is 4.79 Å². The maximum Gasteiger partial charge on any atom is 0.289 e. The summed E-state index contributed by atoms with van der Waals surface area (Å²) in [5, 5.41) is 9.06. The van der Waals surface area contributed by atoms with Gasteiger partial charge in [-0.2, -0.15) is 5.10 Å². The van der Waals surface area contributed by atoms with E-state index in [2.05, 4.69) is 50.5 Å². The number of hydrogen-bond acceptors (Lipinski definition) is 4. The third-order valence-corrected chi connectivity index (χ3v) is 6.95. The third-order valence-electron chi connectivity index (χ3n) is 6.10. The number of hydrazone groups is 1. The SMILES string of the molecule is CC[C@H]1C(C(=O)N(c2ccccc2Cl)N2CCCCCC2)=NN[C@H]1c1ccc(Br)cc1. The number of anilines is 1. The van der Waals surface area contributed by atoms with E-state index in [-0.39, 0.29) is 17.9 Å². The van der Waals surface area contributed by atoms with Gasteiger partial charge in [0.2, 0.25) is 0 Å². The lowest BCUT2D eigenvalue weighted by atomic mass is 9.88. The van der Waals surface area contributed by atoms with E-state index < -0.39 is 0 Å². The van der Waals surface area contributed by atoms with Gasteiger partial charge in [-0.25, -0.2) is 10.0 Å². The Hall–Kier alpha value is -1.89. The van der Waals surface area contributed by atoms with Gasteiger partial charge in [0.05, 0.1) is 16.8 Å². The molecule has 2 aliphatic rings. The quantitative estimate of drug-likeness (QED) is 0.548. The maximum absolute atomic E-state index is 14.0. The molecule has 164 valence electrons. The van der Waals surface area contributed by atoms with Gasteiger partial charge < -0.3 is 5.43 Å². The van der Waals surface area contributed by atoms with Crippen LogP contribution < -0.4 is 10.4 Å². The first-order valence-electron chi connectivity index (χ1n) is 11.0. The van der Waals surface area contributed by atoms with Gasteiger partial charge in [-0.1, -0.05) is 71.6 Å². The molecule has 0 spiro atoms. The Labute approximate surface area is 197 Å². The largest absolute Gasteiger partial charge is 0.301 e. The normalized spacial score (nSPS) is 21.8. The topological polar surface area (TPSA) is 47.9 Å². The molecule has 0 aliphatic carbocycles. The van der Waals surface area contributed by atoms with Crippen LogP contribution in [0.5, 0.6) is 0 Å². The van der Waals surface area contributed by atoms with Crippen LogP contribution in [0.1, 0.15) is 50.6 Å². The number of para-hydroxylation sites is 1. The van der Waals surface area contributed by atoms with Crippen LogP contribution >= 0.6 is 27.5 Å². The highest BCUT2D eigenvalue weighted by Crippen LogP contribution is 2.34. The highest BCUT2D eigenvalue weighted by Gasteiger charge is 2.39. The van der Waals surface area contributed by atoms with E-state index in [0.29, 0.717) is 10.7 Å². The molecule has 1 amide bonds. The molecule has 0 unspecified atom stereocenters. The summed E-state index contributed by atoms with van der Waals surface area (Å²) in [5.41, 5.74) is 5.65. The predicted octanol–water partition coefficient (Wildman–Crippen LogP) is 5.95. The Kier molecular flexibility index (Phi) is 7.31. The Balaban J connectivity index is 1.66. The van der Waals surface area contributed by atoms with Crippen molar-refractivity contribution in [2.45, 2.75) is 45.1 Å². The van der Waals surface area contributed by atoms with Gasteiger partial charge in [-0.15, -0.1) is 0 Å². The van der Waals surface area contributed by atoms with E-state index in [0.717, 1.165) is 48.1 Å². The molecule has 2 aliphatic heterocycles. The predicted molar refractivity (Wildman–Crippen MR) is 130 cm³/mol. The van der Waals surface area contributed by atoms with Crippen LogP contribution in [0.15, 0.2) is 58.1 Å². The molecule has 0 radical (unpaired) electrons. The number of hydrazine groups is 1. The molecule has 0 aromatic heterocycles. The van der Waals surface area contributed by atoms with Crippen molar-refractivity contribution >= 4 is 44.8 Å². The molecule has 1 fully saturated rings. The first kappa shape index (κ1) is 22.3. The standard InChI is InChI=1S/C24H28BrClN4O/c1-2-19-22(17-11-13-18(25)14-12-17)27-28-23(19)24(31)30(21-10-6-5-9-20(21)26)29-15-7-3-4-8-16-29/h5-6,9-14,19,22,27H,2-4,7-8,15-16H2,1H3/t19-,22+/m1/s1. The molecule has 1 saturated heterocycles. The number of halogens is 2. The van der Waals surface area contributed by atoms with E-state index in [9.17, 15) is 4.79 Å². The zero-order valence-electron chi connectivity index (χ0n) is 17.7. The van der Waals surface area contributed by atoms with Crippen molar-refractivity contribution in [2.24, 2.45) is 11.0 Å². The van der Waals surface area contributed by atoms with Gasteiger partial charge in [0.15, 0.2) is 0 Å². The van der Waals surface area contributed by atoms with Crippen LogP contribution in [0.2, 0.25) is 5.02 Å². The van der Waals surface area contributed by atoms with Crippen molar-refractivity contribution < 1.29 is 4.79 Å². The number of benzene rings is 2. The minimum absolute atomic E-state index is 0.00867. The first-order valence-corrected chi connectivity index (χ1v) is 12.2. The van der Waals surface area contributed by atoms with E-state index in [4.69, 9.17) is 11.6 Å². The summed E-state index contributed by atoms with van der Waals surface area (Å²) < 4.78 is 1.03.